The van der Waals surface area contributed by atoms with E-state index in [2.05, 4.69) is 23.2 Å². The van der Waals surface area contributed by atoms with E-state index in [-0.39, 0.29) is 0 Å². The number of hydrogen-bond acceptors (Lipinski definition) is 3. The van der Waals surface area contributed by atoms with Gasteiger partial charge in [-0.15, -0.1) is 0 Å². The van der Waals surface area contributed by atoms with Crippen LogP contribution in [0.4, 0.5) is 0 Å². The van der Waals surface area contributed by atoms with Crippen LogP contribution in [0, 0.1) is 0 Å². The molecule has 1 heterocycles. The van der Waals surface area contributed by atoms with Crippen molar-refractivity contribution in [3.63, 3.8) is 0 Å². The predicted molar refractivity (Wildman–Crippen MR) is 75.8 cm³/mol. The van der Waals surface area contributed by atoms with Crippen molar-refractivity contribution in [2.24, 2.45) is 0 Å². The lowest BCUT2D eigenvalue weighted by molar-refractivity contribution is -0.147. The average molecular weight is 292 g/mol. The van der Waals surface area contributed by atoms with E-state index in [4.69, 9.17) is 10.2 Å². The first-order valence-electron chi connectivity index (χ1n) is 6.14. The highest BCUT2D eigenvalue weighted by atomic mass is 16.4. The smallest absolute Gasteiger partial charge is 0.326 e. The van der Waals surface area contributed by atoms with E-state index in [9.17, 15) is 14.4 Å². The lowest BCUT2D eigenvalue weighted by Gasteiger charge is -2.09. The number of aromatic nitrogens is 1. The molecule has 0 fully saturated rings. The summed E-state index contributed by atoms with van der Waals surface area (Å²) < 4.78 is 0. The molecular weight excluding hydrogens is 276 g/mol. The third-order valence-electron chi connectivity index (χ3n) is 2.52. The first kappa shape index (κ1) is 16.2. The molecule has 7 nitrogen and oxygen atoms in total. The van der Waals surface area contributed by atoms with Crippen LogP contribution in [0.2, 0.25) is 0 Å². The van der Waals surface area contributed by atoms with Crippen LogP contribution in [0.1, 0.15) is 13.3 Å². The molecule has 1 unspecified atom stereocenters. The number of aliphatic carboxylic acids is 2. The molecule has 1 amide bonds. The van der Waals surface area contributed by atoms with Crippen LogP contribution in [0.3, 0.4) is 0 Å². The Balaban J connectivity index is 0.000000216. The Morgan fingerprint density at radius 2 is 1.86 bits per heavy atom. The third-order valence-corrected chi connectivity index (χ3v) is 2.52. The van der Waals surface area contributed by atoms with Gasteiger partial charge in [0, 0.05) is 18.6 Å². The minimum Gasteiger partial charge on any atom is -0.481 e. The normalized spacial score (nSPS) is 11.1. The summed E-state index contributed by atoms with van der Waals surface area (Å²) >= 11 is 0. The van der Waals surface area contributed by atoms with Gasteiger partial charge in [0.25, 0.3) is 0 Å². The second kappa shape index (κ2) is 7.68. The fourth-order valence-electron chi connectivity index (χ4n) is 1.62. The number of para-hydroxylation sites is 1. The summed E-state index contributed by atoms with van der Waals surface area (Å²) in [5, 5.41) is 19.9. The number of amides is 1. The van der Waals surface area contributed by atoms with Crippen molar-refractivity contribution in [2.75, 3.05) is 0 Å². The standard InChI is InChI=1S/C8H7N.C6H9NO5/c1-2-4-8-7(3-1)5-6-9-8;1-3(8)7-4(6(11)12)2-5(9)10/h1-6,9H;4H,2H2,1H3,(H,7,8)(H,9,10)(H,11,12). The van der Waals surface area contributed by atoms with Crippen molar-refractivity contribution in [3.05, 3.63) is 36.5 Å². The molecule has 0 radical (unpaired) electrons. The topological polar surface area (TPSA) is 119 Å². The van der Waals surface area contributed by atoms with E-state index in [1.807, 2.05) is 23.6 Å². The van der Waals surface area contributed by atoms with E-state index in [0.29, 0.717) is 0 Å². The second-order valence-electron chi connectivity index (χ2n) is 4.25. The third kappa shape index (κ3) is 5.77. The molecule has 1 atom stereocenters. The fourth-order valence-corrected chi connectivity index (χ4v) is 1.62. The Morgan fingerprint density at radius 1 is 1.19 bits per heavy atom. The predicted octanol–water partition coefficient (Wildman–Crippen LogP) is 1.22. The molecule has 0 bridgehead atoms. The number of benzene rings is 1. The Bertz CT molecular complexity index is 589. The van der Waals surface area contributed by atoms with Crippen molar-refractivity contribution in [1.29, 1.82) is 0 Å². The Hall–Kier alpha value is -2.83. The summed E-state index contributed by atoms with van der Waals surface area (Å²) in [6.45, 7) is 1.12. The lowest BCUT2D eigenvalue weighted by atomic mass is 10.2. The number of carbonyl (C=O) groups is 3. The number of fused-ring (bicyclic) bond motifs is 1. The highest BCUT2D eigenvalue weighted by molar-refractivity contribution is 5.85. The van der Waals surface area contributed by atoms with Gasteiger partial charge in [-0.1, -0.05) is 18.2 Å². The van der Waals surface area contributed by atoms with Gasteiger partial charge < -0.3 is 20.5 Å². The minimum absolute atomic E-state index is 0.566. The van der Waals surface area contributed by atoms with Crippen LogP contribution in [-0.4, -0.2) is 39.1 Å². The summed E-state index contributed by atoms with van der Waals surface area (Å²) in [5.41, 5.74) is 1.21. The minimum atomic E-state index is -1.35. The van der Waals surface area contributed by atoms with E-state index in [0.717, 1.165) is 6.92 Å². The Kier molecular flexibility index (Phi) is 5.94. The molecule has 7 heteroatoms. The molecule has 0 spiro atoms. The van der Waals surface area contributed by atoms with Crippen LogP contribution in [-0.2, 0) is 14.4 Å². The number of hydrogen-bond donors (Lipinski definition) is 4. The maximum absolute atomic E-state index is 10.4. The quantitative estimate of drug-likeness (QED) is 0.675. The average Bonchev–Trinajstić information content (AvgIpc) is 2.85. The van der Waals surface area contributed by atoms with Gasteiger partial charge in [-0.2, -0.15) is 0 Å². The molecule has 2 rings (SSSR count). The van der Waals surface area contributed by atoms with Crippen molar-refractivity contribution in [3.8, 4) is 0 Å². The van der Waals surface area contributed by atoms with E-state index >= 15 is 0 Å². The molecule has 1 aromatic heterocycles. The zero-order valence-corrected chi connectivity index (χ0v) is 11.4. The highest BCUT2D eigenvalue weighted by Gasteiger charge is 2.21. The fraction of sp³-hybridized carbons (Fsp3) is 0.214. The van der Waals surface area contributed by atoms with Crippen molar-refractivity contribution in [1.82, 2.24) is 10.3 Å². The van der Waals surface area contributed by atoms with Gasteiger partial charge in [-0.25, -0.2) is 4.79 Å². The largest absolute Gasteiger partial charge is 0.481 e. The molecule has 21 heavy (non-hydrogen) atoms. The number of carbonyl (C=O) groups excluding carboxylic acids is 1. The van der Waals surface area contributed by atoms with Gasteiger partial charge >= 0.3 is 11.9 Å². The number of nitrogens with one attached hydrogen (secondary N) is 2. The van der Waals surface area contributed by atoms with Crippen LogP contribution < -0.4 is 5.32 Å². The molecule has 0 saturated heterocycles. The van der Waals surface area contributed by atoms with Crippen LogP contribution in [0.25, 0.3) is 10.9 Å². The van der Waals surface area contributed by atoms with Gasteiger partial charge in [0.15, 0.2) is 0 Å². The number of H-pyrrole nitrogens is 1. The maximum atomic E-state index is 10.4. The van der Waals surface area contributed by atoms with Gasteiger partial charge in [0.2, 0.25) is 5.91 Å². The summed E-state index contributed by atoms with van der Waals surface area (Å²) in [4.78, 5) is 33.9. The molecular formula is C14H16N2O5. The summed E-state index contributed by atoms with van der Waals surface area (Å²) in [7, 11) is 0. The number of aromatic amines is 1. The monoisotopic (exact) mass is 292 g/mol. The van der Waals surface area contributed by atoms with Gasteiger partial charge in [0.1, 0.15) is 6.04 Å². The Morgan fingerprint density at radius 3 is 2.38 bits per heavy atom. The summed E-state index contributed by atoms with van der Waals surface area (Å²) in [6.07, 6.45) is 1.33. The number of carboxylic acids is 2. The first-order chi connectivity index (χ1) is 9.90. The Labute approximate surface area is 120 Å². The lowest BCUT2D eigenvalue weighted by Crippen LogP contribution is -2.41. The number of carboxylic acid groups (broad SMARTS) is 2. The van der Waals surface area contributed by atoms with Crippen molar-refractivity contribution < 1.29 is 24.6 Å². The van der Waals surface area contributed by atoms with Crippen LogP contribution >= 0.6 is 0 Å². The molecule has 4 N–H and O–H groups in total. The molecule has 2 aromatic rings. The number of rotatable bonds is 4. The van der Waals surface area contributed by atoms with Gasteiger partial charge in [0.05, 0.1) is 6.42 Å². The van der Waals surface area contributed by atoms with Crippen LogP contribution in [0.15, 0.2) is 36.5 Å². The molecule has 1 aromatic carbocycles. The molecule has 0 aliphatic heterocycles. The van der Waals surface area contributed by atoms with Gasteiger partial charge in [-0.05, 0) is 17.5 Å². The zero-order valence-electron chi connectivity index (χ0n) is 11.4. The van der Waals surface area contributed by atoms with Crippen molar-refractivity contribution >= 4 is 28.7 Å². The summed E-state index contributed by atoms with van der Waals surface area (Å²) in [6, 6.07) is 8.94. The molecule has 0 aliphatic carbocycles. The SMILES string of the molecule is CC(=O)NC(CC(=O)O)C(=O)O.c1ccc2[nH]ccc2c1. The maximum Gasteiger partial charge on any atom is 0.326 e. The molecule has 0 saturated carbocycles. The summed E-state index contributed by atoms with van der Waals surface area (Å²) in [5.74, 6) is -3.19. The van der Waals surface area contributed by atoms with Crippen molar-refractivity contribution in [2.45, 2.75) is 19.4 Å². The zero-order chi connectivity index (χ0) is 15.8. The van der Waals surface area contributed by atoms with E-state index < -0.39 is 30.3 Å². The molecule has 0 aliphatic rings. The van der Waals surface area contributed by atoms with E-state index in [1.165, 1.54) is 10.9 Å². The van der Waals surface area contributed by atoms with E-state index in [1.54, 1.807) is 0 Å². The van der Waals surface area contributed by atoms with Crippen LogP contribution in [0.5, 0.6) is 0 Å². The second-order valence-corrected chi connectivity index (χ2v) is 4.25. The molecule has 112 valence electrons. The highest BCUT2D eigenvalue weighted by Crippen LogP contribution is 2.09. The van der Waals surface area contributed by atoms with Gasteiger partial charge in [-0.3, -0.25) is 9.59 Å². The first-order valence-corrected chi connectivity index (χ1v) is 6.14.